The van der Waals surface area contributed by atoms with Crippen LogP contribution in [0.15, 0.2) is 35.3 Å². The number of piperazine rings is 1. The molecule has 11 nitrogen and oxygen atoms in total. The maximum atomic E-state index is 13.2. The Balaban J connectivity index is 1.23. The highest BCUT2D eigenvalue weighted by Gasteiger charge is 2.33. The molecule has 12 heteroatoms. The second-order valence-corrected chi connectivity index (χ2v) is 9.92. The van der Waals surface area contributed by atoms with E-state index in [4.69, 9.17) is 26.4 Å². The van der Waals surface area contributed by atoms with E-state index in [0.29, 0.717) is 61.2 Å². The zero-order valence-electron chi connectivity index (χ0n) is 21.7. The summed E-state index contributed by atoms with van der Waals surface area (Å²) in [4.78, 5) is 30.7. The van der Waals surface area contributed by atoms with Gasteiger partial charge < -0.3 is 29.3 Å². The van der Waals surface area contributed by atoms with Gasteiger partial charge in [-0.05, 0) is 57.1 Å². The molecule has 0 spiro atoms. The Morgan fingerprint density at radius 3 is 2.53 bits per heavy atom. The van der Waals surface area contributed by atoms with E-state index in [-0.39, 0.29) is 18.6 Å². The molecular weight excluding hydrogens is 506 g/mol. The van der Waals surface area contributed by atoms with Crippen molar-refractivity contribution in [3.05, 3.63) is 41.7 Å². The summed E-state index contributed by atoms with van der Waals surface area (Å²) in [7, 11) is 0. The minimum atomic E-state index is -0.666. The van der Waals surface area contributed by atoms with Gasteiger partial charge in [0.25, 0.3) is 5.91 Å². The third kappa shape index (κ3) is 6.48. The van der Waals surface area contributed by atoms with Crippen LogP contribution in [0, 0.1) is 13.8 Å². The lowest BCUT2D eigenvalue weighted by molar-refractivity contribution is -0.142. The summed E-state index contributed by atoms with van der Waals surface area (Å²) >= 11 is 5.53. The minimum absolute atomic E-state index is 0.0861. The van der Waals surface area contributed by atoms with Crippen LogP contribution in [0.1, 0.15) is 24.2 Å². The van der Waals surface area contributed by atoms with Gasteiger partial charge in [-0.2, -0.15) is 4.99 Å². The first kappa shape index (κ1) is 26.1. The molecule has 2 aromatic rings. The van der Waals surface area contributed by atoms with E-state index in [9.17, 15) is 4.79 Å². The average molecular weight is 540 g/mol. The first-order chi connectivity index (χ1) is 18.4. The molecule has 1 amide bonds. The third-order valence-corrected chi connectivity index (χ3v) is 6.83. The number of fused-ring (bicyclic) bond motifs is 1. The van der Waals surface area contributed by atoms with Crippen molar-refractivity contribution in [2.75, 3.05) is 51.3 Å². The maximum Gasteiger partial charge on any atom is 0.267 e. The van der Waals surface area contributed by atoms with Crippen LogP contribution in [0.2, 0.25) is 0 Å². The van der Waals surface area contributed by atoms with Crippen LogP contribution >= 0.6 is 12.2 Å². The molecule has 0 radical (unpaired) electrons. The van der Waals surface area contributed by atoms with Crippen LogP contribution in [0.4, 0.5) is 5.95 Å². The largest absolute Gasteiger partial charge is 0.485 e. The summed E-state index contributed by atoms with van der Waals surface area (Å²) in [6.07, 6.45) is 1.56. The Hall–Kier alpha value is -3.51. The first-order valence-corrected chi connectivity index (χ1v) is 13.3. The SMILES string of the molecule is Cc1cc(C)nc(N/C(=N/C(=S)NCC2CCCO2)N2CCN(C(=O)C3COc4ccccc4O3)CC2)n1. The first-order valence-electron chi connectivity index (χ1n) is 12.9. The topological polar surface area (TPSA) is 113 Å². The van der Waals surface area contributed by atoms with Gasteiger partial charge in [0.15, 0.2) is 16.6 Å². The van der Waals surface area contributed by atoms with Gasteiger partial charge in [0, 0.05) is 50.7 Å². The van der Waals surface area contributed by atoms with Crippen LogP contribution < -0.4 is 20.1 Å². The Kier molecular flexibility index (Phi) is 8.18. The number of anilines is 1. The van der Waals surface area contributed by atoms with Crippen molar-refractivity contribution in [2.45, 2.75) is 38.9 Å². The molecule has 2 saturated heterocycles. The highest BCUT2D eigenvalue weighted by molar-refractivity contribution is 7.80. The summed E-state index contributed by atoms with van der Waals surface area (Å²) in [5.41, 5.74) is 1.70. The zero-order chi connectivity index (χ0) is 26.5. The van der Waals surface area contributed by atoms with Crippen molar-refractivity contribution < 1.29 is 19.0 Å². The van der Waals surface area contributed by atoms with Crippen LogP contribution in [0.25, 0.3) is 0 Å². The number of aryl methyl sites for hydroxylation is 2. The Morgan fingerprint density at radius 1 is 1.11 bits per heavy atom. The minimum Gasteiger partial charge on any atom is -0.485 e. The van der Waals surface area contributed by atoms with Gasteiger partial charge in [-0.25, -0.2) is 9.97 Å². The number of carbonyl (C=O) groups is 1. The van der Waals surface area contributed by atoms with E-state index in [1.54, 1.807) is 4.90 Å². The smallest absolute Gasteiger partial charge is 0.267 e. The highest BCUT2D eigenvalue weighted by Crippen LogP contribution is 2.31. The van der Waals surface area contributed by atoms with Crippen molar-refractivity contribution in [1.29, 1.82) is 0 Å². The lowest BCUT2D eigenvalue weighted by Crippen LogP contribution is -2.56. The number of aliphatic imine (C=N–C) groups is 1. The fourth-order valence-corrected chi connectivity index (χ4v) is 4.86. The quantitative estimate of drug-likeness (QED) is 0.339. The lowest BCUT2D eigenvalue weighted by Gasteiger charge is -2.38. The number of aromatic nitrogens is 2. The van der Waals surface area contributed by atoms with Gasteiger partial charge in [0.05, 0.1) is 6.10 Å². The van der Waals surface area contributed by atoms with Crippen molar-refractivity contribution in [3.8, 4) is 11.5 Å². The van der Waals surface area contributed by atoms with E-state index in [1.165, 1.54) is 0 Å². The van der Waals surface area contributed by atoms with E-state index < -0.39 is 6.10 Å². The van der Waals surface area contributed by atoms with E-state index in [1.807, 2.05) is 44.2 Å². The number of benzene rings is 1. The summed E-state index contributed by atoms with van der Waals surface area (Å²) in [5.74, 6) is 2.15. The lowest BCUT2D eigenvalue weighted by atomic mass is 10.2. The predicted octanol–water partition coefficient (Wildman–Crippen LogP) is 1.90. The van der Waals surface area contributed by atoms with E-state index >= 15 is 0 Å². The van der Waals surface area contributed by atoms with Gasteiger partial charge in [0.2, 0.25) is 18.0 Å². The molecular formula is C26H33N7O4S. The van der Waals surface area contributed by atoms with E-state index in [2.05, 4.69) is 30.5 Å². The van der Waals surface area contributed by atoms with Crippen LogP contribution in [0.5, 0.6) is 11.5 Å². The molecule has 5 rings (SSSR count). The molecule has 2 N–H and O–H groups in total. The molecule has 2 unspecified atom stereocenters. The van der Waals surface area contributed by atoms with Gasteiger partial charge in [0.1, 0.15) is 6.61 Å². The number of ether oxygens (including phenoxy) is 3. The molecule has 0 saturated carbocycles. The molecule has 1 aromatic carbocycles. The van der Waals surface area contributed by atoms with Crippen molar-refractivity contribution >= 4 is 35.1 Å². The Morgan fingerprint density at radius 2 is 1.82 bits per heavy atom. The zero-order valence-corrected chi connectivity index (χ0v) is 22.5. The molecule has 2 fully saturated rings. The van der Waals surface area contributed by atoms with Crippen LogP contribution in [-0.4, -0.2) is 94.9 Å². The standard InChI is InChI=1S/C26H33N7O4S/c1-17-14-18(2)29-24(28-17)30-25(31-26(38)27-15-19-6-5-13-35-19)33-11-9-32(10-12-33)23(34)22-16-36-20-7-3-4-8-21(20)37-22/h3-4,7-8,14,19,22H,5-6,9-13,15-16H2,1-2H3,(H2,27,28,29,30,31,38). The summed E-state index contributed by atoms with van der Waals surface area (Å²) in [6.45, 7) is 7.56. The van der Waals surface area contributed by atoms with Gasteiger partial charge >= 0.3 is 0 Å². The highest BCUT2D eigenvalue weighted by atomic mass is 32.1. The molecule has 38 heavy (non-hydrogen) atoms. The van der Waals surface area contributed by atoms with Crippen molar-refractivity contribution in [2.24, 2.45) is 4.99 Å². The molecule has 1 aromatic heterocycles. The number of carbonyl (C=O) groups excluding carboxylic acids is 1. The number of nitrogens with zero attached hydrogens (tertiary/aromatic N) is 5. The van der Waals surface area contributed by atoms with Gasteiger partial charge in [-0.15, -0.1) is 0 Å². The molecule has 3 aliphatic heterocycles. The van der Waals surface area contributed by atoms with Gasteiger partial charge in [-0.1, -0.05) is 12.1 Å². The maximum absolute atomic E-state index is 13.2. The number of hydrogen-bond acceptors (Lipinski definition) is 7. The Labute approximate surface area is 227 Å². The normalized spacial score (nSPS) is 21.3. The molecule has 2 atom stereocenters. The second-order valence-electron chi connectivity index (χ2n) is 9.53. The number of guanidine groups is 1. The van der Waals surface area contributed by atoms with Crippen molar-refractivity contribution in [3.63, 3.8) is 0 Å². The summed E-state index contributed by atoms with van der Waals surface area (Å²) in [6, 6.07) is 9.30. The summed E-state index contributed by atoms with van der Waals surface area (Å²) in [5, 5.41) is 6.81. The second kappa shape index (κ2) is 11.9. The molecule has 0 bridgehead atoms. The number of nitrogens with one attached hydrogen (secondary N) is 2. The molecule has 4 heterocycles. The van der Waals surface area contributed by atoms with Crippen molar-refractivity contribution in [1.82, 2.24) is 25.1 Å². The monoisotopic (exact) mass is 539 g/mol. The van der Waals surface area contributed by atoms with Crippen LogP contribution in [0.3, 0.4) is 0 Å². The predicted molar refractivity (Wildman–Crippen MR) is 147 cm³/mol. The average Bonchev–Trinajstić information content (AvgIpc) is 3.44. The number of para-hydroxylation sites is 2. The third-order valence-electron chi connectivity index (χ3n) is 6.59. The fourth-order valence-electron chi connectivity index (χ4n) is 4.69. The van der Waals surface area contributed by atoms with Crippen LogP contribution in [-0.2, 0) is 9.53 Å². The Bertz CT molecular complexity index is 1180. The van der Waals surface area contributed by atoms with E-state index in [0.717, 1.165) is 30.8 Å². The molecule has 202 valence electrons. The molecule has 3 aliphatic rings. The fraction of sp³-hybridized carbons (Fsp3) is 0.500. The number of hydrogen-bond donors (Lipinski definition) is 2. The molecule has 0 aliphatic carbocycles. The number of thiocarbonyl (C=S) groups is 1. The number of rotatable bonds is 4. The van der Waals surface area contributed by atoms with Gasteiger partial charge in [-0.3, -0.25) is 10.1 Å². The number of amides is 1. The summed E-state index contributed by atoms with van der Waals surface area (Å²) < 4.78 is 17.3.